The highest BCUT2D eigenvalue weighted by Gasteiger charge is 2.16. The molecule has 1 aromatic carbocycles. The number of ether oxygens (including phenoxy) is 1. The Morgan fingerprint density at radius 3 is 2.80 bits per heavy atom. The van der Waals surface area contributed by atoms with Crippen LogP contribution in [-0.4, -0.2) is 12.4 Å². The van der Waals surface area contributed by atoms with Crippen LogP contribution < -0.4 is 4.74 Å². The molecule has 1 aliphatic rings. The highest BCUT2D eigenvalue weighted by molar-refractivity contribution is 9.11. The molecule has 4 heteroatoms. The van der Waals surface area contributed by atoms with Crippen LogP contribution in [0.1, 0.15) is 12.5 Å². The minimum atomic E-state index is 0.0224. The van der Waals surface area contributed by atoms with E-state index in [1.807, 2.05) is 18.2 Å². The van der Waals surface area contributed by atoms with Crippen molar-refractivity contribution >= 4 is 43.7 Å². The molecule has 0 amide bonds. The van der Waals surface area contributed by atoms with Crippen LogP contribution in [0.25, 0.3) is 6.08 Å². The highest BCUT2D eigenvalue weighted by atomic mass is 79.9. The lowest BCUT2D eigenvalue weighted by molar-refractivity contribution is -0.117. The van der Waals surface area contributed by atoms with Gasteiger partial charge in [-0.2, -0.15) is 0 Å². The first-order chi connectivity index (χ1) is 7.08. The fraction of sp³-hybridized carbons (Fsp3) is 0.182. The Bertz CT molecular complexity index is 464. The minimum absolute atomic E-state index is 0.0224. The summed E-state index contributed by atoms with van der Waals surface area (Å²) in [5.74, 6) is 0.748. The zero-order valence-corrected chi connectivity index (χ0v) is 11.2. The predicted molar refractivity (Wildman–Crippen MR) is 66.0 cm³/mol. The summed E-state index contributed by atoms with van der Waals surface area (Å²) in [6, 6.07) is 3.83. The van der Waals surface area contributed by atoms with E-state index >= 15 is 0 Å². The number of halogens is 2. The molecule has 0 atom stereocenters. The van der Waals surface area contributed by atoms with Crippen LogP contribution in [-0.2, 0) is 4.79 Å². The first-order valence-electron chi connectivity index (χ1n) is 4.41. The first-order valence-corrected chi connectivity index (χ1v) is 6.00. The SMILES string of the molecule is CC1=Cc2cc(Br)cc(Br)c2OCC1=O. The molecule has 0 aliphatic carbocycles. The smallest absolute Gasteiger partial charge is 0.195 e. The van der Waals surface area contributed by atoms with Crippen LogP contribution in [0.4, 0.5) is 0 Å². The molecular formula is C11H8Br2O2. The number of fused-ring (bicyclic) bond motifs is 1. The van der Waals surface area contributed by atoms with Gasteiger partial charge < -0.3 is 4.74 Å². The van der Waals surface area contributed by atoms with Gasteiger partial charge in [0.25, 0.3) is 0 Å². The van der Waals surface area contributed by atoms with E-state index in [0.29, 0.717) is 0 Å². The predicted octanol–water partition coefficient (Wildman–Crippen LogP) is 3.58. The van der Waals surface area contributed by atoms with Crippen LogP contribution in [0.2, 0.25) is 0 Å². The summed E-state index contributed by atoms with van der Waals surface area (Å²) in [6.07, 6.45) is 1.85. The minimum Gasteiger partial charge on any atom is -0.484 e. The Kier molecular flexibility index (Phi) is 2.98. The molecule has 2 rings (SSSR count). The van der Waals surface area contributed by atoms with E-state index in [1.54, 1.807) is 6.92 Å². The van der Waals surface area contributed by atoms with E-state index in [0.717, 1.165) is 25.8 Å². The average molecular weight is 332 g/mol. The van der Waals surface area contributed by atoms with Crippen molar-refractivity contribution in [3.8, 4) is 5.75 Å². The van der Waals surface area contributed by atoms with Crippen LogP contribution >= 0.6 is 31.9 Å². The normalized spacial score (nSPS) is 15.1. The Hall–Kier alpha value is -0.610. The van der Waals surface area contributed by atoms with E-state index in [9.17, 15) is 4.79 Å². The number of hydrogen-bond acceptors (Lipinski definition) is 2. The second-order valence-corrected chi connectivity index (χ2v) is 5.12. The molecule has 0 saturated heterocycles. The molecule has 0 unspecified atom stereocenters. The van der Waals surface area contributed by atoms with Crippen LogP contribution in [0.5, 0.6) is 5.75 Å². The molecule has 2 nitrogen and oxygen atoms in total. The monoisotopic (exact) mass is 330 g/mol. The van der Waals surface area contributed by atoms with Gasteiger partial charge in [-0.25, -0.2) is 0 Å². The molecule has 0 fully saturated rings. The maximum atomic E-state index is 11.5. The van der Waals surface area contributed by atoms with Gasteiger partial charge in [-0.1, -0.05) is 15.9 Å². The summed E-state index contributed by atoms with van der Waals surface area (Å²) < 4.78 is 7.25. The van der Waals surface area contributed by atoms with Crippen molar-refractivity contribution in [2.75, 3.05) is 6.61 Å². The fourth-order valence-corrected chi connectivity index (χ4v) is 2.78. The Morgan fingerprint density at radius 2 is 2.07 bits per heavy atom. The lowest BCUT2D eigenvalue weighted by Crippen LogP contribution is -2.10. The van der Waals surface area contributed by atoms with Crippen LogP contribution in [0.3, 0.4) is 0 Å². The van der Waals surface area contributed by atoms with Gasteiger partial charge in [0.05, 0.1) is 4.47 Å². The highest BCUT2D eigenvalue weighted by Crippen LogP contribution is 2.35. The summed E-state index contributed by atoms with van der Waals surface area (Å²) in [5, 5.41) is 0. The summed E-state index contributed by atoms with van der Waals surface area (Å²) in [5.41, 5.74) is 1.64. The van der Waals surface area contributed by atoms with Crippen molar-refractivity contribution in [1.29, 1.82) is 0 Å². The molecule has 1 heterocycles. The third kappa shape index (κ3) is 2.16. The summed E-state index contributed by atoms with van der Waals surface area (Å²) in [7, 11) is 0. The fourth-order valence-electron chi connectivity index (χ4n) is 1.41. The number of benzene rings is 1. The molecule has 0 saturated carbocycles. The van der Waals surface area contributed by atoms with Gasteiger partial charge in [-0.3, -0.25) is 4.79 Å². The number of hydrogen-bond donors (Lipinski definition) is 0. The van der Waals surface area contributed by atoms with Gasteiger partial charge in [0.15, 0.2) is 12.4 Å². The van der Waals surface area contributed by atoms with Gasteiger partial charge in [0, 0.05) is 10.0 Å². The quantitative estimate of drug-likeness (QED) is 0.726. The van der Waals surface area contributed by atoms with Gasteiger partial charge in [-0.15, -0.1) is 0 Å². The second kappa shape index (κ2) is 4.10. The molecule has 0 bridgehead atoms. The zero-order valence-electron chi connectivity index (χ0n) is 8.01. The molecule has 1 aliphatic heterocycles. The van der Waals surface area contributed by atoms with Crippen molar-refractivity contribution in [2.24, 2.45) is 0 Å². The molecule has 0 radical (unpaired) electrons. The standard InChI is InChI=1S/C11H8Br2O2/c1-6-2-7-3-8(12)4-9(13)11(7)15-5-10(6)14/h2-4H,5H2,1H3. The van der Waals surface area contributed by atoms with Gasteiger partial charge in [0.2, 0.25) is 0 Å². The number of carbonyl (C=O) groups excluding carboxylic acids is 1. The van der Waals surface area contributed by atoms with E-state index in [1.165, 1.54) is 0 Å². The van der Waals surface area contributed by atoms with E-state index in [-0.39, 0.29) is 12.4 Å². The molecule has 0 aromatic heterocycles. The average Bonchev–Trinajstić information content (AvgIpc) is 2.27. The van der Waals surface area contributed by atoms with Crippen molar-refractivity contribution in [3.05, 3.63) is 32.2 Å². The molecule has 15 heavy (non-hydrogen) atoms. The third-order valence-corrected chi connectivity index (χ3v) is 3.24. The van der Waals surface area contributed by atoms with Crippen molar-refractivity contribution in [1.82, 2.24) is 0 Å². The van der Waals surface area contributed by atoms with Crippen molar-refractivity contribution in [3.63, 3.8) is 0 Å². The lowest BCUT2D eigenvalue weighted by atomic mass is 10.1. The van der Waals surface area contributed by atoms with Crippen molar-refractivity contribution < 1.29 is 9.53 Å². The number of carbonyl (C=O) groups is 1. The first kappa shape index (κ1) is 10.9. The number of rotatable bonds is 0. The maximum Gasteiger partial charge on any atom is 0.195 e. The molecular weight excluding hydrogens is 324 g/mol. The van der Waals surface area contributed by atoms with Gasteiger partial charge in [0.1, 0.15) is 5.75 Å². The van der Waals surface area contributed by atoms with Gasteiger partial charge in [-0.05, 0) is 46.6 Å². The number of ketones is 1. The van der Waals surface area contributed by atoms with Crippen molar-refractivity contribution in [2.45, 2.75) is 6.92 Å². The summed E-state index contributed by atoms with van der Waals surface area (Å²) in [6.45, 7) is 1.91. The van der Waals surface area contributed by atoms with Crippen LogP contribution in [0.15, 0.2) is 26.7 Å². The summed E-state index contributed by atoms with van der Waals surface area (Å²) in [4.78, 5) is 11.5. The number of Topliss-reactive ketones (excluding diaryl/α,β-unsaturated/α-hetero) is 1. The van der Waals surface area contributed by atoms with Gasteiger partial charge >= 0.3 is 0 Å². The van der Waals surface area contributed by atoms with E-state index in [2.05, 4.69) is 31.9 Å². The Morgan fingerprint density at radius 1 is 1.33 bits per heavy atom. The molecule has 0 N–H and O–H groups in total. The van der Waals surface area contributed by atoms with Crippen LogP contribution in [0, 0.1) is 0 Å². The molecule has 1 aromatic rings. The molecule has 78 valence electrons. The topological polar surface area (TPSA) is 26.3 Å². The van der Waals surface area contributed by atoms with E-state index < -0.39 is 0 Å². The Labute approximate surface area is 105 Å². The zero-order chi connectivity index (χ0) is 11.0. The molecule has 0 spiro atoms. The third-order valence-electron chi connectivity index (χ3n) is 2.20. The maximum absolute atomic E-state index is 11.5. The lowest BCUT2D eigenvalue weighted by Gasteiger charge is -2.08. The largest absolute Gasteiger partial charge is 0.484 e. The van der Waals surface area contributed by atoms with E-state index in [4.69, 9.17) is 4.74 Å². The Balaban J connectivity index is 2.61. The summed E-state index contributed by atoms with van der Waals surface area (Å²) >= 11 is 6.81. The second-order valence-electron chi connectivity index (χ2n) is 3.35.